The molecule has 0 aromatic heterocycles. The van der Waals surface area contributed by atoms with E-state index in [2.05, 4.69) is 5.90 Å². The smallest absolute Gasteiger partial charge is 0.152 e. The number of rotatable bonds is 0. The summed E-state index contributed by atoms with van der Waals surface area (Å²) in [5, 5.41) is 14.4. The molecule has 0 amide bonds. The lowest BCUT2D eigenvalue weighted by Gasteiger charge is -1.32. The fourth-order valence-corrected chi connectivity index (χ4v) is 0. The molecular formula is H5ClN2O3. The summed E-state index contributed by atoms with van der Waals surface area (Å²) in [5.41, 5.74) is 0. The van der Waals surface area contributed by atoms with Crippen LogP contribution in [-0.4, -0.2) is 10.4 Å². The topological polar surface area (TPSA) is 95.9 Å². The quantitative estimate of drug-likeness (QED) is 0.304. The van der Waals surface area contributed by atoms with Crippen LogP contribution in [0.4, 0.5) is 0 Å². The highest BCUT2D eigenvalue weighted by Gasteiger charge is 1.18. The van der Waals surface area contributed by atoms with Crippen LogP contribution in [0.3, 0.4) is 0 Å². The van der Waals surface area contributed by atoms with E-state index < -0.39 is 0 Å². The number of nitrogens with two attached hydrogens (primary N) is 1. The van der Waals surface area contributed by atoms with Crippen LogP contribution in [0.5, 0.6) is 0 Å². The Labute approximate surface area is 40.1 Å². The van der Waals surface area contributed by atoms with Crippen molar-refractivity contribution in [2.75, 3.05) is 0 Å². The third-order valence-electron chi connectivity index (χ3n) is 0. The summed E-state index contributed by atoms with van der Waals surface area (Å²) >= 11 is 0. The van der Waals surface area contributed by atoms with Crippen LogP contribution in [0, 0.1) is 4.91 Å². The molecular weight excluding hydrogens is 111 g/mol. The van der Waals surface area contributed by atoms with E-state index in [0.717, 1.165) is 0 Å². The Bertz CT molecular complexity index is 16.3. The van der Waals surface area contributed by atoms with Gasteiger partial charge in [0.05, 0.1) is 0 Å². The Morgan fingerprint density at radius 1 is 1.50 bits per heavy atom. The molecule has 0 aliphatic carbocycles. The van der Waals surface area contributed by atoms with Gasteiger partial charge >= 0.3 is 0 Å². The number of halogens is 1. The second-order valence-corrected chi connectivity index (χ2v) is 0.0816. The van der Waals surface area contributed by atoms with E-state index in [1.165, 1.54) is 5.34 Å². The summed E-state index contributed by atoms with van der Waals surface area (Å²) in [6.45, 7) is 0. The second kappa shape index (κ2) is 161. The molecule has 0 radical (unpaired) electrons. The molecule has 0 aliphatic heterocycles. The molecule has 0 aromatic carbocycles. The van der Waals surface area contributed by atoms with Crippen molar-refractivity contribution in [1.29, 1.82) is 0 Å². The predicted molar refractivity (Wildman–Crippen MR) is 20.8 cm³/mol. The zero-order valence-electron chi connectivity index (χ0n) is 2.74. The van der Waals surface area contributed by atoms with Crippen LogP contribution in [0.2, 0.25) is 0 Å². The molecule has 0 heterocycles. The lowest BCUT2D eigenvalue weighted by molar-refractivity contribution is 0.311. The first-order valence-corrected chi connectivity index (χ1v) is 0.641. The average Bonchev–Trinajstić information content (AvgIpc) is 1.46. The molecule has 40 valence electrons. The third kappa shape index (κ3) is 162. The van der Waals surface area contributed by atoms with Gasteiger partial charge in [-0.25, -0.2) is 5.90 Å². The molecule has 6 heavy (non-hydrogen) atoms. The van der Waals surface area contributed by atoms with E-state index in [4.69, 9.17) is 15.3 Å². The minimum absolute atomic E-state index is 0. The van der Waals surface area contributed by atoms with Crippen molar-refractivity contribution in [1.82, 2.24) is 0 Å². The molecule has 6 heteroatoms. The standard InChI is InChI=1S/ClH.HNO2.H3NO/c;2-1-3;1-2/h1H;(H,2,3);2H,1H2. The van der Waals surface area contributed by atoms with Gasteiger partial charge in [-0.3, -0.25) is 0 Å². The summed E-state index contributed by atoms with van der Waals surface area (Å²) in [4.78, 5) is 8.11. The molecule has 4 N–H and O–H groups in total. The van der Waals surface area contributed by atoms with Gasteiger partial charge in [0.15, 0.2) is 5.34 Å². The van der Waals surface area contributed by atoms with Gasteiger partial charge in [-0.15, -0.1) is 17.3 Å². The summed E-state index contributed by atoms with van der Waals surface area (Å²) in [6.07, 6.45) is 0. The van der Waals surface area contributed by atoms with Gasteiger partial charge in [0, 0.05) is 0 Å². The fourth-order valence-electron chi connectivity index (χ4n) is 0. The minimum Gasteiger partial charge on any atom is -0.379 e. The Kier molecular flexibility index (Phi) is 471. The maximum Gasteiger partial charge on any atom is 0.152 e. The van der Waals surface area contributed by atoms with Gasteiger partial charge in [0.2, 0.25) is 0 Å². The zero-order chi connectivity index (χ0) is 4.71. The highest BCUT2D eigenvalue weighted by atomic mass is 35.5. The van der Waals surface area contributed by atoms with E-state index in [0.29, 0.717) is 0 Å². The van der Waals surface area contributed by atoms with Crippen molar-refractivity contribution in [3.63, 3.8) is 0 Å². The van der Waals surface area contributed by atoms with Gasteiger partial charge in [-0.05, 0) is 0 Å². The zero-order valence-corrected chi connectivity index (χ0v) is 3.55. The van der Waals surface area contributed by atoms with Crippen LogP contribution >= 0.6 is 12.4 Å². The van der Waals surface area contributed by atoms with E-state index in [1.807, 2.05) is 0 Å². The minimum atomic E-state index is 0. The van der Waals surface area contributed by atoms with Gasteiger partial charge in [0.25, 0.3) is 0 Å². The van der Waals surface area contributed by atoms with Crippen LogP contribution in [0.15, 0.2) is 5.34 Å². The first-order valence-electron chi connectivity index (χ1n) is 0.641. The van der Waals surface area contributed by atoms with Crippen molar-refractivity contribution in [3.05, 3.63) is 4.91 Å². The first-order chi connectivity index (χ1) is 2.41. The molecule has 0 saturated carbocycles. The molecule has 0 fully saturated rings. The molecule has 0 rings (SSSR count). The molecule has 0 saturated heterocycles. The fraction of sp³-hybridized carbons (Fsp3) is 0. The monoisotopic (exact) mass is 116 g/mol. The lowest BCUT2D eigenvalue weighted by Crippen LogP contribution is -1.72. The largest absolute Gasteiger partial charge is 0.379 e. The Balaban J connectivity index is -0.0000000275. The van der Waals surface area contributed by atoms with E-state index in [-0.39, 0.29) is 12.4 Å². The van der Waals surface area contributed by atoms with Crippen LogP contribution in [0.1, 0.15) is 0 Å². The molecule has 0 bridgehead atoms. The maximum absolute atomic E-state index is 8.11. The normalized spacial score (nSPS) is 3.00. The molecule has 5 nitrogen and oxygen atoms in total. The SMILES string of the molecule is Cl.NO.O=NO. The van der Waals surface area contributed by atoms with E-state index in [1.54, 1.807) is 0 Å². The second-order valence-electron chi connectivity index (χ2n) is 0.0816. The molecule has 0 atom stereocenters. The highest BCUT2D eigenvalue weighted by molar-refractivity contribution is 5.85. The summed E-state index contributed by atoms with van der Waals surface area (Å²) in [5.74, 6) is 3.50. The van der Waals surface area contributed by atoms with Crippen molar-refractivity contribution >= 4 is 12.4 Å². The molecule has 0 aromatic rings. The Morgan fingerprint density at radius 3 is 1.50 bits per heavy atom. The highest BCUT2D eigenvalue weighted by Crippen LogP contribution is 1.25. The summed E-state index contributed by atoms with van der Waals surface area (Å²) < 4.78 is 0. The van der Waals surface area contributed by atoms with Crippen LogP contribution < -0.4 is 5.90 Å². The van der Waals surface area contributed by atoms with Crippen LogP contribution in [0.25, 0.3) is 0 Å². The van der Waals surface area contributed by atoms with Gasteiger partial charge in [-0.1, -0.05) is 0 Å². The molecule has 0 unspecified atom stereocenters. The Hall–Kier alpha value is -0.390. The van der Waals surface area contributed by atoms with Crippen molar-refractivity contribution < 1.29 is 10.4 Å². The third-order valence-corrected chi connectivity index (χ3v) is 0. The molecule has 0 aliphatic rings. The Morgan fingerprint density at radius 2 is 1.50 bits per heavy atom. The molecule has 0 spiro atoms. The summed E-state index contributed by atoms with van der Waals surface area (Å²) in [7, 11) is 0. The lowest BCUT2D eigenvalue weighted by atomic mass is 13.4. The summed E-state index contributed by atoms with van der Waals surface area (Å²) in [6, 6.07) is 0. The van der Waals surface area contributed by atoms with Crippen molar-refractivity contribution in [2.24, 2.45) is 11.2 Å². The number of nitrogens with zero attached hydrogens (tertiary/aromatic N) is 1. The first kappa shape index (κ1) is 17.5. The number of hydrogen-bond acceptors (Lipinski definition) is 4. The van der Waals surface area contributed by atoms with Crippen LogP contribution in [-0.2, 0) is 0 Å². The predicted octanol–water partition coefficient (Wildman–Crippen LogP) is -0.102. The van der Waals surface area contributed by atoms with Gasteiger partial charge in [-0.2, -0.15) is 0 Å². The number of hydrogen-bond donors (Lipinski definition) is 3. The van der Waals surface area contributed by atoms with E-state index >= 15 is 0 Å². The average molecular weight is 117 g/mol. The van der Waals surface area contributed by atoms with Gasteiger partial charge < -0.3 is 10.4 Å². The van der Waals surface area contributed by atoms with Crippen molar-refractivity contribution in [2.45, 2.75) is 0 Å². The van der Waals surface area contributed by atoms with Gasteiger partial charge in [0.1, 0.15) is 0 Å². The van der Waals surface area contributed by atoms with Crippen molar-refractivity contribution in [3.8, 4) is 0 Å². The van der Waals surface area contributed by atoms with E-state index in [9.17, 15) is 0 Å². The maximum atomic E-state index is 8.11.